The van der Waals surface area contributed by atoms with Gasteiger partial charge in [0.05, 0.1) is 17.1 Å². The Hall–Kier alpha value is -3.36. The lowest BCUT2D eigenvalue weighted by molar-refractivity contribution is -0.384. The zero-order valence-electron chi connectivity index (χ0n) is 16.6. The van der Waals surface area contributed by atoms with E-state index in [1.165, 1.54) is 25.1 Å². The second-order valence-electron chi connectivity index (χ2n) is 6.59. The van der Waals surface area contributed by atoms with Gasteiger partial charge in [-0.2, -0.15) is 0 Å². The van der Waals surface area contributed by atoms with Crippen LogP contribution in [0.15, 0.2) is 40.5 Å². The van der Waals surface area contributed by atoms with Crippen LogP contribution < -0.4 is 0 Å². The largest absolute Gasteiger partial charge is 0.465 e. The maximum absolute atomic E-state index is 12.8. The van der Waals surface area contributed by atoms with Crippen molar-refractivity contribution >= 4 is 29.1 Å². The quantitative estimate of drug-likeness (QED) is 0.390. The highest BCUT2D eigenvalue weighted by atomic mass is 16.6. The minimum Gasteiger partial charge on any atom is -0.465 e. The summed E-state index contributed by atoms with van der Waals surface area (Å²) in [7, 11) is 0. The van der Waals surface area contributed by atoms with Gasteiger partial charge in [0.2, 0.25) is 0 Å². The highest BCUT2D eigenvalue weighted by Crippen LogP contribution is 2.40. The second kappa shape index (κ2) is 9.22. The van der Waals surface area contributed by atoms with E-state index in [-0.39, 0.29) is 23.7 Å². The van der Waals surface area contributed by atoms with E-state index in [0.717, 1.165) is 0 Å². The first-order valence-electron chi connectivity index (χ1n) is 9.00. The molecule has 2 rings (SSSR count). The number of carbonyl (C=O) groups excluding carboxylic acids is 3. The SMILES string of the molecule is CCOC(=O)C1C(C)=NC(C)=C(C(=O)OCC(C)=O)C1c1cccc([N+](=O)[O-])c1. The Kier molecular flexibility index (Phi) is 6.98. The number of hydrogen-bond donors (Lipinski definition) is 0. The Balaban J connectivity index is 2.63. The van der Waals surface area contributed by atoms with E-state index >= 15 is 0 Å². The van der Waals surface area contributed by atoms with Gasteiger partial charge in [0.15, 0.2) is 5.78 Å². The third kappa shape index (κ3) is 4.92. The number of hydrogen-bond acceptors (Lipinski definition) is 8. The number of Topliss-reactive ketones (excluding diaryl/α,β-unsaturated/α-hetero) is 1. The maximum atomic E-state index is 12.8. The first kappa shape index (κ1) is 21.9. The minimum absolute atomic E-state index is 0.0652. The second-order valence-corrected chi connectivity index (χ2v) is 6.59. The summed E-state index contributed by atoms with van der Waals surface area (Å²) in [6.07, 6.45) is 0. The standard InChI is InChI=1S/C20H22N2O7/c1-5-28-19(24)16-12(3)21-13(4)17(20(25)29-10-11(2)23)18(16)14-7-6-8-15(9-14)22(26)27/h6-9,16,18H,5,10H2,1-4H3. The van der Waals surface area contributed by atoms with E-state index in [0.29, 0.717) is 17.0 Å². The summed E-state index contributed by atoms with van der Waals surface area (Å²) >= 11 is 0. The lowest BCUT2D eigenvalue weighted by Crippen LogP contribution is -2.36. The molecule has 0 bridgehead atoms. The monoisotopic (exact) mass is 402 g/mol. The molecular formula is C20H22N2O7. The number of esters is 2. The average molecular weight is 402 g/mol. The van der Waals surface area contributed by atoms with Crippen molar-refractivity contribution in [2.24, 2.45) is 10.9 Å². The van der Waals surface area contributed by atoms with Gasteiger partial charge in [-0.3, -0.25) is 24.7 Å². The van der Waals surface area contributed by atoms with Crippen LogP contribution in [-0.4, -0.2) is 41.6 Å². The maximum Gasteiger partial charge on any atom is 0.336 e. The third-order valence-corrected chi connectivity index (χ3v) is 4.44. The number of allylic oxidation sites excluding steroid dienone is 1. The molecule has 1 aromatic rings. The Labute approximate surface area is 167 Å². The van der Waals surface area contributed by atoms with Gasteiger partial charge in [-0.05, 0) is 33.3 Å². The van der Waals surface area contributed by atoms with E-state index in [9.17, 15) is 24.5 Å². The number of benzene rings is 1. The minimum atomic E-state index is -0.958. The van der Waals surface area contributed by atoms with Gasteiger partial charge < -0.3 is 9.47 Å². The van der Waals surface area contributed by atoms with E-state index in [4.69, 9.17) is 9.47 Å². The van der Waals surface area contributed by atoms with E-state index < -0.39 is 35.3 Å². The smallest absolute Gasteiger partial charge is 0.336 e. The molecule has 0 aliphatic carbocycles. The van der Waals surface area contributed by atoms with Crippen LogP contribution >= 0.6 is 0 Å². The lowest BCUT2D eigenvalue weighted by Gasteiger charge is -2.31. The van der Waals surface area contributed by atoms with Crippen molar-refractivity contribution in [3.05, 3.63) is 51.2 Å². The average Bonchev–Trinajstić information content (AvgIpc) is 2.65. The van der Waals surface area contributed by atoms with Gasteiger partial charge in [0.1, 0.15) is 12.5 Å². The van der Waals surface area contributed by atoms with Gasteiger partial charge >= 0.3 is 11.9 Å². The topological polar surface area (TPSA) is 125 Å². The van der Waals surface area contributed by atoms with Gasteiger partial charge in [-0.1, -0.05) is 12.1 Å². The van der Waals surface area contributed by atoms with Crippen LogP contribution in [0.3, 0.4) is 0 Å². The van der Waals surface area contributed by atoms with Crippen molar-refractivity contribution < 1.29 is 28.8 Å². The summed E-state index contributed by atoms with van der Waals surface area (Å²) < 4.78 is 10.2. The van der Waals surface area contributed by atoms with Crippen LogP contribution in [0.25, 0.3) is 0 Å². The van der Waals surface area contributed by atoms with Gasteiger partial charge in [-0.15, -0.1) is 0 Å². The lowest BCUT2D eigenvalue weighted by atomic mass is 9.75. The summed E-state index contributed by atoms with van der Waals surface area (Å²) in [6, 6.07) is 5.69. The number of nitrogens with zero attached hydrogens (tertiary/aromatic N) is 2. The third-order valence-electron chi connectivity index (χ3n) is 4.44. The first-order valence-corrected chi connectivity index (χ1v) is 9.00. The molecule has 0 spiro atoms. The van der Waals surface area contributed by atoms with Crippen LogP contribution in [-0.2, 0) is 23.9 Å². The summed E-state index contributed by atoms with van der Waals surface area (Å²) in [5, 5.41) is 11.2. The predicted octanol–water partition coefficient (Wildman–Crippen LogP) is 2.74. The molecule has 0 saturated carbocycles. The van der Waals surface area contributed by atoms with Crippen LogP contribution in [0.5, 0.6) is 0 Å². The van der Waals surface area contributed by atoms with Crippen molar-refractivity contribution in [3.63, 3.8) is 0 Å². The van der Waals surface area contributed by atoms with Crippen LogP contribution in [0.4, 0.5) is 5.69 Å². The molecule has 9 nitrogen and oxygen atoms in total. The molecule has 0 radical (unpaired) electrons. The molecule has 0 N–H and O–H groups in total. The van der Waals surface area contributed by atoms with E-state index in [1.807, 2.05) is 0 Å². The molecule has 1 aromatic carbocycles. The highest BCUT2D eigenvalue weighted by Gasteiger charge is 2.42. The number of ether oxygens (including phenoxy) is 2. The molecule has 2 atom stereocenters. The number of nitro benzene ring substituents is 1. The van der Waals surface area contributed by atoms with Crippen molar-refractivity contribution in [2.45, 2.75) is 33.6 Å². The first-order chi connectivity index (χ1) is 13.7. The van der Waals surface area contributed by atoms with Crippen molar-refractivity contribution in [3.8, 4) is 0 Å². The molecule has 1 aliphatic rings. The normalized spacial score (nSPS) is 18.7. The molecule has 9 heteroatoms. The van der Waals surface area contributed by atoms with Crippen molar-refractivity contribution in [2.75, 3.05) is 13.2 Å². The molecule has 0 amide bonds. The molecular weight excluding hydrogens is 380 g/mol. The number of aliphatic imine (C=N–C) groups is 1. The Bertz CT molecular complexity index is 917. The summed E-state index contributed by atoms with van der Waals surface area (Å²) in [5.74, 6) is -3.61. The molecule has 1 heterocycles. The zero-order chi connectivity index (χ0) is 21.7. The highest BCUT2D eigenvalue weighted by molar-refractivity contribution is 6.07. The summed E-state index contributed by atoms with van der Waals surface area (Å²) in [4.78, 5) is 51.6. The van der Waals surface area contributed by atoms with Crippen molar-refractivity contribution in [1.82, 2.24) is 0 Å². The zero-order valence-corrected chi connectivity index (χ0v) is 16.6. The summed E-state index contributed by atoms with van der Waals surface area (Å²) in [6.45, 7) is 5.84. The van der Waals surface area contributed by atoms with Crippen LogP contribution in [0.2, 0.25) is 0 Å². The molecule has 0 aromatic heterocycles. The summed E-state index contributed by atoms with van der Waals surface area (Å²) in [5.41, 5.74) is 0.990. The number of non-ortho nitro benzene ring substituents is 1. The fourth-order valence-electron chi connectivity index (χ4n) is 3.28. The number of ketones is 1. The Morgan fingerprint density at radius 2 is 1.90 bits per heavy atom. The van der Waals surface area contributed by atoms with Gasteiger partial charge in [0.25, 0.3) is 5.69 Å². The van der Waals surface area contributed by atoms with Crippen molar-refractivity contribution in [1.29, 1.82) is 0 Å². The van der Waals surface area contributed by atoms with Gasteiger partial charge in [-0.25, -0.2) is 4.79 Å². The van der Waals surface area contributed by atoms with E-state index in [2.05, 4.69) is 4.99 Å². The van der Waals surface area contributed by atoms with E-state index in [1.54, 1.807) is 26.8 Å². The molecule has 1 aliphatic heterocycles. The molecule has 154 valence electrons. The fraction of sp³-hybridized carbons (Fsp3) is 0.400. The Morgan fingerprint density at radius 1 is 1.21 bits per heavy atom. The van der Waals surface area contributed by atoms with Gasteiger partial charge in [0, 0.05) is 29.5 Å². The van der Waals surface area contributed by atoms with Crippen LogP contribution in [0.1, 0.15) is 39.2 Å². The number of nitro groups is 1. The Morgan fingerprint density at radius 3 is 2.48 bits per heavy atom. The predicted molar refractivity (Wildman–Crippen MR) is 103 cm³/mol. The molecule has 2 unspecified atom stereocenters. The van der Waals surface area contributed by atoms with Crippen LogP contribution in [0, 0.1) is 16.0 Å². The molecule has 29 heavy (non-hydrogen) atoms. The molecule has 0 saturated heterocycles. The number of carbonyl (C=O) groups is 3. The molecule has 0 fully saturated rings. The fourth-order valence-corrected chi connectivity index (χ4v) is 3.28. The number of rotatable bonds is 7.